The molecule has 1 saturated carbocycles. The van der Waals surface area contributed by atoms with Gasteiger partial charge in [0.2, 0.25) is 0 Å². The maximum Gasteiger partial charge on any atom is 0.123 e. The zero-order valence-electron chi connectivity index (χ0n) is 11.3. The van der Waals surface area contributed by atoms with Gasteiger partial charge < -0.3 is 10.3 Å². The molecule has 3 nitrogen and oxygen atoms in total. The SMILES string of the molecule is CCC(NC1CCC(C)(C)CC1)c1ncc[nH]1. The molecule has 0 radical (unpaired) electrons. The third kappa shape index (κ3) is 3.32. The van der Waals surface area contributed by atoms with Gasteiger partial charge in [-0.2, -0.15) is 0 Å². The fraction of sp³-hybridized carbons (Fsp3) is 0.786. The van der Waals surface area contributed by atoms with E-state index in [-0.39, 0.29) is 0 Å². The summed E-state index contributed by atoms with van der Waals surface area (Å²) in [7, 11) is 0. The smallest absolute Gasteiger partial charge is 0.123 e. The summed E-state index contributed by atoms with van der Waals surface area (Å²) >= 11 is 0. The second kappa shape index (κ2) is 5.21. The summed E-state index contributed by atoms with van der Waals surface area (Å²) in [5.41, 5.74) is 0.546. The summed E-state index contributed by atoms with van der Waals surface area (Å²) in [6.45, 7) is 6.98. The fourth-order valence-electron chi connectivity index (χ4n) is 2.71. The Morgan fingerprint density at radius 2 is 2.18 bits per heavy atom. The van der Waals surface area contributed by atoms with Crippen LogP contribution in [0, 0.1) is 5.41 Å². The highest BCUT2D eigenvalue weighted by Crippen LogP contribution is 2.35. The summed E-state index contributed by atoms with van der Waals surface area (Å²) in [5.74, 6) is 1.08. The van der Waals surface area contributed by atoms with Gasteiger partial charge in [-0.15, -0.1) is 0 Å². The van der Waals surface area contributed by atoms with E-state index in [0.717, 1.165) is 12.2 Å². The molecular formula is C14H25N3. The molecule has 0 bridgehead atoms. The zero-order valence-corrected chi connectivity index (χ0v) is 11.3. The van der Waals surface area contributed by atoms with Crippen LogP contribution in [0.3, 0.4) is 0 Å². The van der Waals surface area contributed by atoms with Crippen LogP contribution in [0.15, 0.2) is 12.4 Å². The molecule has 1 aromatic rings. The normalized spacial score (nSPS) is 22.5. The van der Waals surface area contributed by atoms with Crippen LogP contribution in [-0.2, 0) is 0 Å². The van der Waals surface area contributed by atoms with E-state index in [1.165, 1.54) is 25.7 Å². The molecule has 1 aromatic heterocycles. The Balaban J connectivity index is 1.88. The first-order valence-electron chi connectivity index (χ1n) is 6.86. The molecule has 1 fully saturated rings. The molecule has 17 heavy (non-hydrogen) atoms. The van der Waals surface area contributed by atoms with Gasteiger partial charge in [0.05, 0.1) is 6.04 Å². The van der Waals surface area contributed by atoms with Crippen molar-refractivity contribution in [1.82, 2.24) is 15.3 Å². The Labute approximate surface area is 104 Å². The van der Waals surface area contributed by atoms with Crippen molar-refractivity contribution in [2.75, 3.05) is 0 Å². The molecule has 0 aromatic carbocycles. The molecule has 2 N–H and O–H groups in total. The van der Waals surface area contributed by atoms with E-state index in [1.807, 2.05) is 12.4 Å². The van der Waals surface area contributed by atoms with Crippen molar-refractivity contribution in [1.29, 1.82) is 0 Å². The Morgan fingerprint density at radius 3 is 2.71 bits per heavy atom. The average Bonchev–Trinajstić information content (AvgIpc) is 2.81. The van der Waals surface area contributed by atoms with Crippen molar-refractivity contribution in [2.24, 2.45) is 5.41 Å². The second-order valence-corrected chi connectivity index (χ2v) is 6.04. The topological polar surface area (TPSA) is 40.7 Å². The summed E-state index contributed by atoms with van der Waals surface area (Å²) in [4.78, 5) is 7.58. The van der Waals surface area contributed by atoms with Gasteiger partial charge in [0.15, 0.2) is 0 Å². The van der Waals surface area contributed by atoms with Gasteiger partial charge in [-0.1, -0.05) is 20.8 Å². The van der Waals surface area contributed by atoms with Gasteiger partial charge in [0, 0.05) is 18.4 Å². The van der Waals surface area contributed by atoms with E-state index in [9.17, 15) is 0 Å². The Kier molecular flexibility index (Phi) is 3.87. The minimum Gasteiger partial charge on any atom is -0.347 e. The lowest BCUT2D eigenvalue weighted by molar-refractivity contribution is 0.196. The number of aromatic nitrogens is 2. The number of hydrogen-bond donors (Lipinski definition) is 2. The van der Waals surface area contributed by atoms with Gasteiger partial charge in [-0.25, -0.2) is 4.98 Å². The van der Waals surface area contributed by atoms with E-state index < -0.39 is 0 Å². The van der Waals surface area contributed by atoms with Crippen molar-refractivity contribution in [3.8, 4) is 0 Å². The van der Waals surface area contributed by atoms with Gasteiger partial charge >= 0.3 is 0 Å². The highest BCUT2D eigenvalue weighted by Gasteiger charge is 2.28. The van der Waals surface area contributed by atoms with E-state index >= 15 is 0 Å². The van der Waals surface area contributed by atoms with Crippen molar-refractivity contribution in [2.45, 2.75) is 65.0 Å². The number of nitrogens with one attached hydrogen (secondary N) is 2. The van der Waals surface area contributed by atoms with Crippen LogP contribution in [0.1, 0.15) is 64.7 Å². The van der Waals surface area contributed by atoms with E-state index in [0.29, 0.717) is 17.5 Å². The monoisotopic (exact) mass is 235 g/mol. The van der Waals surface area contributed by atoms with Crippen LogP contribution in [0.25, 0.3) is 0 Å². The number of H-pyrrole nitrogens is 1. The third-order valence-electron chi connectivity index (χ3n) is 4.03. The number of nitrogens with zero attached hydrogens (tertiary/aromatic N) is 1. The highest BCUT2D eigenvalue weighted by molar-refractivity contribution is 4.97. The number of hydrogen-bond acceptors (Lipinski definition) is 2. The lowest BCUT2D eigenvalue weighted by atomic mass is 9.75. The molecule has 1 aliphatic carbocycles. The first-order chi connectivity index (χ1) is 8.11. The van der Waals surface area contributed by atoms with E-state index in [1.54, 1.807) is 0 Å². The molecule has 0 amide bonds. The number of imidazole rings is 1. The van der Waals surface area contributed by atoms with Crippen LogP contribution in [0.4, 0.5) is 0 Å². The molecule has 1 atom stereocenters. The maximum absolute atomic E-state index is 4.36. The Hall–Kier alpha value is -0.830. The number of rotatable bonds is 4. The summed E-state index contributed by atoms with van der Waals surface area (Å²) < 4.78 is 0. The fourth-order valence-corrected chi connectivity index (χ4v) is 2.71. The minimum absolute atomic E-state index is 0.385. The first kappa shape index (κ1) is 12.6. The predicted octanol–water partition coefficient (Wildman–Crippen LogP) is 3.42. The number of aromatic amines is 1. The lowest BCUT2D eigenvalue weighted by Gasteiger charge is -2.36. The molecular weight excluding hydrogens is 210 g/mol. The largest absolute Gasteiger partial charge is 0.347 e. The first-order valence-corrected chi connectivity index (χ1v) is 6.86. The third-order valence-corrected chi connectivity index (χ3v) is 4.03. The van der Waals surface area contributed by atoms with Crippen LogP contribution in [-0.4, -0.2) is 16.0 Å². The summed E-state index contributed by atoms with van der Waals surface area (Å²) in [6.07, 6.45) is 10.1. The van der Waals surface area contributed by atoms with Gasteiger partial charge in [-0.05, 0) is 37.5 Å². The molecule has 1 aliphatic rings. The van der Waals surface area contributed by atoms with Gasteiger partial charge in [0.25, 0.3) is 0 Å². The Morgan fingerprint density at radius 1 is 1.47 bits per heavy atom. The molecule has 0 saturated heterocycles. The van der Waals surface area contributed by atoms with Crippen molar-refractivity contribution in [3.05, 3.63) is 18.2 Å². The van der Waals surface area contributed by atoms with Crippen LogP contribution >= 0.6 is 0 Å². The van der Waals surface area contributed by atoms with Gasteiger partial charge in [-0.3, -0.25) is 0 Å². The van der Waals surface area contributed by atoms with E-state index in [2.05, 4.69) is 36.1 Å². The molecule has 2 rings (SSSR count). The zero-order chi connectivity index (χ0) is 12.3. The minimum atomic E-state index is 0.385. The van der Waals surface area contributed by atoms with Crippen molar-refractivity contribution >= 4 is 0 Å². The molecule has 1 heterocycles. The maximum atomic E-state index is 4.36. The van der Waals surface area contributed by atoms with Crippen LogP contribution < -0.4 is 5.32 Å². The highest BCUT2D eigenvalue weighted by atomic mass is 15.0. The van der Waals surface area contributed by atoms with E-state index in [4.69, 9.17) is 0 Å². The molecule has 96 valence electrons. The molecule has 1 unspecified atom stereocenters. The van der Waals surface area contributed by atoms with Crippen molar-refractivity contribution < 1.29 is 0 Å². The van der Waals surface area contributed by atoms with Crippen molar-refractivity contribution in [3.63, 3.8) is 0 Å². The summed E-state index contributed by atoms with van der Waals surface area (Å²) in [5, 5.41) is 3.75. The predicted molar refractivity (Wildman–Crippen MR) is 70.8 cm³/mol. The van der Waals surface area contributed by atoms with Gasteiger partial charge in [0.1, 0.15) is 5.82 Å². The molecule has 0 spiro atoms. The summed E-state index contributed by atoms with van der Waals surface area (Å²) in [6, 6.07) is 1.05. The second-order valence-electron chi connectivity index (χ2n) is 6.04. The quantitative estimate of drug-likeness (QED) is 0.839. The average molecular weight is 235 g/mol. The lowest BCUT2D eigenvalue weighted by Crippen LogP contribution is -2.38. The molecule has 0 aliphatic heterocycles. The van der Waals surface area contributed by atoms with Crippen LogP contribution in [0.2, 0.25) is 0 Å². The molecule has 3 heteroatoms. The Bertz CT molecular complexity index is 319. The van der Waals surface area contributed by atoms with Crippen LogP contribution in [0.5, 0.6) is 0 Å². The standard InChI is InChI=1S/C14H25N3/c1-4-12(13-15-9-10-16-13)17-11-5-7-14(2,3)8-6-11/h9-12,17H,4-8H2,1-3H3,(H,15,16).